The summed E-state index contributed by atoms with van der Waals surface area (Å²) in [5.74, 6) is -0.112. The van der Waals surface area contributed by atoms with E-state index >= 15 is 0 Å². The number of aromatic nitrogens is 1. The first-order valence-corrected chi connectivity index (χ1v) is 5.67. The zero-order valence-electron chi connectivity index (χ0n) is 9.19. The molecular formula is C12H16N2O2. The maximum atomic E-state index is 11.6. The van der Waals surface area contributed by atoms with Crippen LogP contribution in [-0.2, 0) is 4.74 Å². The molecule has 1 atom stereocenters. The number of hydrogen-bond donors (Lipinski definition) is 1. The van der Waals surface area contributed by atoms with Gasteiger partial charge in [-0.2, -0.15) is 0 Å². The number of nitrogens with one attached hydrogen (secondary N) is 1. The highest BCUT2D eigenvalue weighted by molar-refractivity contribution is 5.92. The van der Waals surface area contributed by atoms with Crippen LogP contribution in [0.15, 0.2) is 24.4 Å². The van der Waals surface area contributed by atoms with Crippen molar-refractivity contribution in [3.05, 3.63) is 30.1 Å². The Morgan fingerprint density at radius 2 is 2.50 bits per heavy atom. The van der Waals surface area contributed by atoms with Crippen LogP contribution in [0.1, 0.15) is 29.8 Å². The fourth-order valence-electron chi connectivity index (χ4n) is 1.81. The van der Waals surface area contributed by atoms with E-state index in [4.69, 9.17) is 4.74 Å². The van der Waals surface area contributed by atoms with Crippen LogP contribution in [0.25, 0.3) is 0 Å². The van der Waals surface area contributed by atoms with Crippen LogP contribution in [0.2, 0.25) is 0 Å². The number of ether oxygens (including phenoxy) is 1. The lowest BCUT2D eigenvalue weighted by Gasteiger charge is -2.09. The highest BCUT2D eigenvalue weighted by Crippen LogP contribution is 2.14. The van der Waals surface area contributed by atoms with Crippen molar-refractivity contribution < 1.29 is 9.53 Å². The number of amides is 1. The van der Waals surface area contributed by atoms with Crippen molar-refractivity contribution in [1.29, 1.82) is 0 Å². The van der Waals surface area contributed by atoms with Crippen molar-refractivity contribution in [2.45, 2.75) is 25.4 Å². The number of rotatable bonds is 4. The van der Waals surface area contributed by atoms with Gasteiger partial charge in [-0.15, -0.1) is 0 Å². The van der Waals surface area contributed by atoms with Crippen molar-refractivity contribution in [3.63, 3.8) is 0 Å². The number of carbonyl (C=O) groups excluding carboxylic acids is 1. The van der Waals surface area contributed by atoms with E-state index in [-0.39, 0.29) is 5.91 Å². The largest absolute Gasteiger partial charge is 0.378 e. The molecule has 4 nitrogen and oxygen atoms in total. The molecule has 2 rings (SSSR count). The summed E-state index contributed by atoms with van der Waals surface area (Å²) >= 11 is 0. The molecule has 1 fully saturated rings. The Labute approximate surface area is 95.0 Å². The number of carbonyl (C=O) groups is 1. The van der Waals surface area contributed by atoms with Crippen molar-refractivity contribution in [1.82, 2.24) is 10.3 Å². The van der Waals surface area contributed by atoms with Crippen LogP contribution < -0.4 is 5.32 Å². The molecule has 1 aliphatic rings. The first-order chi connectivity index (χ1) is 7.86. The molecule has 0 aromatic carbocycles. The van der Waals surface area contributed by atoms with Gasteiger partial charge < -0.3 is 10.1 Å². The fraction of sp³-hybridized carbons (Fsp3) is 0.500. The highest BCUT2D eigenvalue weighted by Gasteiger charge is 2.15. The minimum Gasteiger partial charge on any atom is -0.378 e. The van der Waals surface area contributed by atoms with Gasteiger partial charge in [-0.25, -0.2) is 0 Å². The summed E-state index contributed by atoms with van der Waals surface area (Å²) in [6.45, 7) is 1.51. The second-order valence-corrected chi connectivity index (χ2v) is 3.89. The molecule has 0 saturated carbocycles. The van der Waals surface area contributed by atoms with Crippen LogP contribution in [0.3, 0.4) is 0 Å². The van der Waals surface area contributed by atoms with E-state index in [0.717, 1.165) is 25.9 Å². The lowest BCUT2D eigenvalue weighted by Crippen LogP contribution is -2.27. The quantitative estimate of drug-likeness (QED) is 0.834. The molecule has 1 saturated heterocycles. The van der Waals surface area contributed by atoms with Crippen LogP contribution in [0.5, 0.6) is 0 Å². The van der Waals surface area contributed by atoms with Crippen molar-refractivity contribution in [2.75, 3.05) is 13.2 Å². The van der Waals surface area contributed by atoms with E-state index < -0.39 is 0 Å². The van der Waals surface area contributed by atoms with Gasteiger partial charge in [0.1, 0.15) is 5.69 Å². The molecule has 4 heteroatoms. The average molecular weight is 220 g/mol. The lowest BCUT2D eigenvalue weighted by atomic mass is 10.2. The molecule has 1 aromatic rings. The third-order valence-corrected chi connectivity index (χ3v) is 2.67. The number of pyridine rings is 1. The van der Waals surface area contributed by atoms with E-state index in [2.05, 4.69) is 10.3 Å². The zero-order valence-corrected chi connectivity index (χ0v) is 9.19. The first kappa shape index (κ1) is 11.1. The van der Waals surface area contributed by atoms with Gasteiger partial charge >= 0.3 is 0 Å². The van der Waals surface area contributed by atoms with Gasteiger partial charge in [-0.1, -0.05) is 6.07 Å². The van der Waals surface area contributed by atoms with Crippen LogP contribution >= 0.6 is 0 Å². The molecule has 86 valence electrons. The molecule has 2 heterocycles. The molecule has 0 bridgehead atoms. The zero-order chi connectivity index (χ0) is 11.2. The molecule has 1 aromatic heterocycles. The normalized spacial score (nSPS) is 19.6. The van der Waals surface area contributed by atoms with Gasteiger partial charge in [0, 0.05) is 19.3 Å². The number of nitrogens with zero attached hydrogens (tertiary/aromatic N) is 1. The summed E-state index contributed by atoms with van der Waals surface area (Å²) in [5.41, 5.74) is 0.467. The second-order valence-electron chi connectivity index (χ2n) is 3.89. The van der Waals surface area contributed by atoms with Crippen LogP contribution in [0.4, 0.5) is 0 Å². The van der Waals surface area contributed by atoms with E-state index in [1.165, 1.54) is 0 Å². The van der Waals surface area contributed by atoms with Crippen molar-refractivity contribution >= 4 is 5.91 Å². The van der Waals surface area contributed by atoms with Gasteiger partial charge in [-0.3, -0.25) is 9.78 Å². The molecule has 1 amide bonds. The minimum absolute atomic E-state index is 0.112. The van der Waals surface area contributed by atoms with Crippen molar-refractivity contribution in [3.8, 4) is 0 Å². The van der Waals surface area contributed by atoms with E-state index in [1.807, 2.05) is 6.07 Å². The average Bonchev–Trinajstić information content (AvgIpc) is 2.83. The van der Waals surface area contributed by atoms with Gasteiger partial charge in [0.05, 0.1) is 6.10 Å². The summed E-state index contributed by atoms with van der Waals surface area (Å²) in [7, 11) is 0. The Hall–Kier alpha value is -1.42. The predicted molar refractivity (Wildman–Crippen MR) is 60.2 cm³/mol. The van der Waals surface area contributed by atoms with E-state index in [9.17, 15) is 4.79 Å². The fourth-order valence-corrected chi connectivity index (χ4v) is 1.81. The summed E-state index contributed by atoms with van der Waals surface area (Å²) in [6, 6.07) is 5.31. The van der Waals surface area contributed by atoms with Gasteiger partial charge in [0.25, 0.3) is 5.91 Å². The SMILES string of the molecule is O=C(NCCC1CCCO1)c1ccccn1. The maximum absolute atomic E-state index is 11.6. The Morgan fingerprint density at radius 1 is 1.56 bits per heavy atom. The molecule has 1 N–H and O–H groups in total. The molecule has 16 heavy (non-hydrogen) atoms. The Morgan fingerprint density at radius 3 is 3.19 bits per heavy atom. The predicted octanol–water partition coefficient (Wildman–Crippen LogP) is 1.38. The second kappa shape index (κ2) is 5.61. The van der Waals surface area contributed by atoms with Crippen LogP contribution in [-0.4, -0.2) is 30.1 Å². The first-order valence-electron chi connectivity index (χ1n) is 5.67. The molecule has 1 aliphatic heterocycles. The molecule has 0 radical (unpaired) electrons. The van der Waals surface area contributed by atoms with E-state index in [0.29, 0.717) is 18.3 Å². The lowest BCUT2D eigenvalue weighted by molar-refractivity contribution is 0.0903. The standard InChI is InChI=1S/C12H16N2O2/c15-12(11-5-1-2-7-13-11)14-8-6-10-4-3-9-16-10/h1-2,5,7,10H,3-4,6,8-9H2,(H,14,15). The molecule has 0 aliphatic carbocycles. The van der Waals surface area contributed by atoms with Crippen molar-refractivity contribution in [2.24, 2.45) is 0 Å². The summed E-state index contributed by atoms with van der Waals surface area (Å²) < 4.78 is 5.47. The van der Waals surface area contributed by atoms with E-state index in [1.54, 1.807) is 18.3 Å². The topological polar surface area (TPSA) is 51.2 Å². The summed E-state index contributed by atoms with van der Waals surface area (Å²) in [5, 5.41) is 2.84. The monoisotopic (exact) mass is 220 g/mol. The minimum atomic E-state index is -0.112. The Bertz CT molecular complexity index is 334. The smallest absolute Gasteiger partial charge is 0.269 e. The number of hydrogen-bond acceptors (Lipinski definition) is 3. The third kappa shape index (κ3) is 3.03. The van der Waals surface area contributed by atoms with Gasteiger partial charge in [-0.05, 0) is 31.4 Å². The van der Waals surface area contributed by atoms with Gasteiger partial charge in [0.15, 0.2) is 0 Å². The summed E-state index contributed by atoms with van der Waals surface area (Å²) in [6.07, 6.45) is 5.08. The summed E-state index contributed by atoms with van der Waals surface area (Å²) in [4.78, 5) is 15.6. The van der Waals surface area contributed by atoms with Gasteiger partial charge in [0.2, 0.25) is 0 Å². The van der Waals surface area contributed by atoms with Crippen LogP contribution in [0, 0.1) is 0 Å². The molecule has 0 spiro atoms. The third-order valence-electron chi connectivity index (χ3n) is 2.67. The molecule has 1 unspecified atom stereocenters. The Balaban J connectivity index is 1.71. The highest BCUT2D eigenvalue weighted by atomic mass is 16.5. The molecular weight excluding hydrogens is 204 g/mol. The Kier molecular flexibility index (Phi) is 3.88. The maximum Gasteiger partial charge on any atom is 0.269 e.